The Morgan fingerprint density at radius 1 is 0.952 bits per heavy atom. The molecule has 3 heteroatoms. The highest BCUT2D eigenvalue weighted by molar-refractivity contribution is 5.95. The maximum Gasteiger partial charge on any atom is 0.252 e. The lowest BCUT2D eigenvalue weighted by Crippen LogP contribution is -2.15. The smallest absolute Gasteiger partial charge is 0.252 e. The Hall–Kier alpha value is -2.39. The lowest BCUT2D eigenvalue weighted by Gasteiger charge is -2.12. The van der Waals surface area contributed by atoms with Crippen LogP contribution in [0.25, 0.3) is 22.0 Å². The number of aromatic amines is 1. The summed E-state index contributed by atoms with van der Waals surface area (Å²) in [6, 6.07) is 17.8. The van der Waals surface area contributed by atoms with Crippen LogP contribution in [-0.4, -0.2) is 16.7 Å². The van der Waals surface area contributed by atoms with E-state index in [2.05, 4.69) is 4.98 Å². The first-order valence-electron chi connectivity index (χ1n) is 7.11. The highest BCUT2D eigenvalue weighted by Gasteiger charge is 2.13. The van der Waals surface area contributed by atoms with Gasteiger partial charge in [0.25, 0.3) is 5.56 Å². The van der Waals surface area contributed by atoms with E-state index in [4.69, 9.17) is 5.11 Å². The summed E-state index contributed by atoms with van der Waals surface area (Å²) in [7, 11) is 0. The Bertz CT molecular complexity index is 806. The first kappa shape index (κ1) is 13.6. The molecule has 0 aliphatic rings. The van der Waals surface area contributed by atoms with E-state index in [0.717, 1.165) is 27.6 Å². The Morgan fingerprint density at radius 2 is 1.67 bits per heavy atom. The van der Waals surface area contributed by atoms with Crippen molar-refractivity contribution in [3.05, 3.63) is 70.5 Å². The molecule has 0 amide bonds. The Balaban J connectivity index is 2.33. The van der Waals surface area contributed by atoms with E-state index < -0.39 is 0 Å². The molecule has 21 heavy (non-hydrogen) atoms. The highest BCUT2D eigenvalue weighted by atomic mass is 16.2. The molecule has 0 radical (unpaired) electrons. The van der Waals surface area contributed by atoms with Crippen molar-refractivity contribution in [3.63, 3.8) is 0 Å². The number of rotatable bonds is 4. The van der Waals surface area contributed by atoms with Crippen molar-refractivity contribution in [3.8, 4) is 11.1 Å². The van der Waals surface area contributed by atoms with Gasteiger partial charge in [0.15, 0.2) is 0 Å². The monoisotopic (exact) mass is 279 g/mol. The maximum absolute atomic E-state index is 12.4. The molecular weight excluding hydrogens is 262 g/mol. The molecule has 0 bridgehead atoms. The molecule has 1 heterocycles. The van der Waals surface area contributed by atoms with E-state index in [-0.39, 0.29) is 12.2 Å². The summed E-state index contributed by atoms with van der Waals surface area (Å²) >= 11 is 0. The van der Waals surface area contributed by atoms with Crippen molar-refractivity contribution >= 4 is 10.9 Å². The number of pyridine rings is 1. The zero-order chi connectivity index (χ0) is 14.7. The third kappa shape index (κ3) is 2.60. The standard InChI is InChI=1S/C18H17NO2/c20-12-6-10-15-17(13-7-2-1-3-8-13)14-9-4-5-11-16(14)19-18(15)21/h1-5,7-9,11,20H,6,10,12H2,(H,19,21). The Kier molecular flexibility index (Phi) is 3.84. The van der Waals surface area contributed by atoms with Crippen LogP contribution in [0.5, 0.6) is 0 Å². The lowest BCUT2D eigenvalue weighted by atomic mass is 9.94. The number of hydrogen-bond acceptors (Lipinski definition) is 2. The van der Waals surface area contributed by atoms with Gasteiger partial charge in [-0.15, -0.1) is 0 Å². The molecule has 0 aliphatic carbocycles. The van der Waals surface area contributed by atoms with E-state index in [1.54, 1.807) is 0 Å². The summed E-state index contributed by atoms with van der Waals surface area (Å²) in [6.45, 7) is 0.0838. The molecule has 3 nitrogen and oxygen atoms in total. The van der Waals surface area contributed by atoms with Crippen molar-refractivity contribution in [2.75, 3.05) is 6.61 Å². The third-order valence-electron chi connectivity index (χ3n) is 3.67. The topological polar surface area (TPSA) is 53.1 Å². The van der Waals surface area contributed by atoms with Crippen LogP contribution in [0.3, 0.4) is 0 Å². The molecule has 0 saturated heterocycles. The van der Waals surface area contributed by atoms with Gasteiger partial charge >= 0.3 is 0 Å². The van der Waals surface area contributed by atoms with Crippen LogP contribution in [-0.2, 0) is 6.42 Å². The van der Waals surface area contributed by atoms with Gasteiger partial charge in [-0.2, -0.15) is 0 Å². The molecule has 0 aliphatic heterocycles. The third-order valence-corrected chi connectivity index (χ3v) is 3.67. The first-order chi connectivity index (χ1) is 10.3. The minimum absolute atomic E-state index is 0.0685. The molecule has 0 saturated carbocycles. The normalized spacial score (nSPS) is 10.9. The van der Waals surface area contributed by atoms with Gasteiger partial charge in [-0.25, -0.2) is 0 Å². The lowest BCUT2D eigenvalue weighted by molar-refractivity contribution is 0.288. The number of H-pyrrole nitrogens is 1. The van der Waals surface area contributed by atoms with Crippen LogP contribution in [0.2, 0.25) is 0 Å². The molecule has 2 aromatic carbocycles. The largest absolute Gasteiger partial charge is 0.396 e. The van der Waals surface area contributed by atoms with Gasteiger partial charge in [-0.1, -0.05) is 48.5 Å². The average Bonchev–Trinajstić information content (AvgIpc) is 2.53. The van der Waals surface area contributed by atoms with Crippen molar-refractivity contribution in [2.45, 2.75) is 12.8 Å². The quantitative estimate of drug-likeness (QED) is 0.771. The second-order valence-corrected chi connectivity index (χ2v) is 5.05. The second-order valence-electron chi connectivity index (χ2n) is 5.05. The summed E-state index contributed by atoms with van der Waals surface area (Å²) in [6.07, 6.45) is 1.15. The van der Waals surface area contributed by atoms with E-state index >= 15 is 0 Å². The summed E-state index contributed by atoms with van der Waals surface area (Å²) in [4.78, 5) is 15.3. The highest BCUT2D eigenvalue weighted by Crippen LogP contribution is 2.29. The van der Waals surface area contributed by atoms with E-state index in [0.29, 0.717) is 12.8 Å². The van der Waals surface area contributed by atoms with Crippen LogP contribution in [0, 0.1) is 0 Å². The zero-order valence-electron chi connectivity index (χ0n) is 11.7. The number of aliphatic hydroxyl groups is 1. The number of fused-ring (bicyclic) bond motifs is 1. The van der Waals surface area contributed by atoms with Gasteiger partial charge in [0, 0.05) is 23.1 Å². The molecule has 0 spiro atoms. The van der Waals surface area contributed by atoms with E-state index in [1.807, 2.05) is 54.6 Å². The Morgan fingerprint density at radius 3 is 2.43 bits per heavy atom. The summed E-state index contributed by atoms with van der Waals surface area (Å²) in [5, 5.41) is 10.1. The number of benzene rings is 2. The van der Waals surface area contributed by atoms with Crippen LogP contribution in [0.15, 0.2) is 59.4 Å². The molecule has 0 unspecified atom stereocenters. The van der Waals surface area contributed by atoms with Gasteiger partial charge in [-0.05, 0) is 30.0 Å². The fourth-order valence-electron chi connectivity index (χ4n) is 2.71. The second kappa shape index (κ2) is 5.94. The zero-order valence-corrected chi connectivity index (χ0v) is 11.7. The molecular formula is C18H17NO2. The molecule has 0 atom stereocenters. The van der Waals surface area contributed by atoms with Crippen molar-refractivity contribution < 1.29 is 5.11 Å². The van der Waals surface area contributed by atoms with Crippen molar-refractivity contribution in [1.82, 2.24) is 4.98 Å². The molecule has 2 N–H and O–H groups in total. The predicted molar refractivity (Wildman–Crippen MR) is 85.4 cm³/mol. The number of aliphatic hydroxyl groups excluding tert-OH is 1. The van der Waals surface area contributed by atoms with Gasteiger partial charge in [0.1, 0.15) is 0 Å². The van der Waals surface area contributed by atoms with Crippen LogP contribution >= 0.6 is 0 Å². The number of hydrogen-bond donors (Lipinski definition) is 2. The van der Waals surface area contributed by atoms with Crippen molar-refractivity contribution in [2.24, 2.45) is 0 Å². The molecule has 1 aromatic heterocycles. The molecule has 106 valence electrons. The first-order valence-corrected chi connectivity index (χ1v) is 7.11. The van der Waals surface area contributed by atoms with Gasteiger partial charge in [0.05, 0.1) is 0 Å². The summed E-state index contributed by atoms with van der Waals surface area (Å²) in [5.41, 5.74) is 3.53. The van der Waals surface area contributed by atoms with Gasteiger partial charge in [-0.3, -0.25) is 4.79 Å². The number of para-hydroxylation sites is 1. The van der Waals surface area contributed by atoms with Crippen LogP contribution in [0.4, 0.5) is 0 Å². The number of nitrogens with one attached hydrogen (secondary N) is 1. The number of aromatic nitrogens is 1. The minimum Gasteiger partial charge on any atom is -0.396 e. The van der Waals surface area contributed by atoms with Gasteiger partial charge in [0.2, 0.25) is 0 Å². The fraction of sp³-hybridized carbons (Fsp3) is 0.167. The van der Waals surface area contributed by atoms with Crippen molar-refractivity contribution in [1.29, 1.82) is 0 Å². The maximum atomic E-state index is 12.4. The fourth-order valence-corrected chi connectivity index (χ4v) is 2.71. The van der Waals surface area contributed by atoms with Gasteiger partial charge < -0.3 is 10.1 Å². The Labute approximate surface area is 122 Å². The molecule has 0 fully saturated rings. The van der Waals surface area contributed by atoms with E-state index in [9.17, 15) is 4.79 Å². The average molecular weight is 279 g/mol. The van der Waals surface area contributed by atoms with E-state index in [1.165, 1.54) is 0 Å². The molecule has 3 aromatic rings. The minimum atomic E-state index is -0.0685. The SMILES string of the molecule is O=c1[nH]c2ccccc2c(-c2ccccc2)c1CCCO. The van der Waals surface area contributed by atoms with Crippen LogP contribution < -0.4 is 5.56 Å². The molecule has 3 rings (SSSR count). The summed E-state index contributed by atoms with van der Waals surface area (Å²) < 4.78 is 0. The predicted octanol–water partition coefficient (Wildman–Crippen LogP) is 3.12. The van der Waals surface area contributed by atoms with Crippen LogP contribution in [0.1, 0.15) is 12.0 Å². The summed E-state index contributed by atoms with van der Waals surface area (Å²) in [5.74, 6) is 0.